The van der Waals surface area contributed by atoms with Crippen molar-refractivity contribution in [2.24, 2.45) is 0 Å². The van der Waals surface area contributed by atoms with E-state index in [-0.39, 0.29) is 24.8 Å². The largest absolute Gasteiger partial charge is 0.357 e. The zero-order valence-corrected chi connectivity index (χ0v) is 17.5. The fourth-order valence-electron chi connectivity index (χ4n) is 3.07. The molecule has 0 aromatic heterocycles. The first kappa shape index (κ1) is 21.3. The third-order valence-corrected chi connectivity index (χ3v) is 5.13. The number of benzene rings is 2. The van der Waals surface area contributed by atoms with Gasteiger partial charge in [0.15, 0.2) is 0 Å². The molecule has 0 aliphatic heterocycles. The van der Waals surface area contributed by atoms with Gasteiger partial charge in [-0.15, -0.1) is 0 Å². The second-order valence-corrected chi connectivity index (χ2v) is 7.55. The molecular formula is C21H24Cl2N2O2. The molecule has 0 heterocycles. The molecule has 2 aromatic rings. The number of carbonyl (C=O) groups excluding carboxylic acids is 2. The highest BCUT2D eigenvalue weighted by Crippen LogP contribution is 2.24. The third-order valence-electron chi connectivity index (χ3n) is 4.39. The van der Waals surface area contributed by atoms with Crippen molar-refractivity contribution in [1.29, 1.82) is 0 Å². The zero-order chi connectivity index (χ0) is 20.1. The summed E-state index contributed by atoms with van der Waals surface area (Å²) >= 11 is 12.1. The predicted molar refractivity (Wildman–Crippen MR) is 110 cm³/mol. The maximum absolute atomic E-state index is 13.0. The maximum atomic E-state index is 13.0. The van der Waals surface area contributed by atoms with Crippen molar-refractivity contribution in [2.75, 3.05) is 7.05 Å². The minimum absolute atomic E-state index is 0.123. The van der Waals surface area contributed by atoms with Crippen LogP contribution < -0.4 is 5.32 Å². The number of halogens is 2. The monoisotopic (exact) mass is 406 g/mol. The van der Waals surface area contributed by atoms with E-state index in [1.54, 1.807) is 31.0 Å². The number of likely N-dealkylation sites (N-methyl/N-ethyl adjacent to an activating group) is 1. The number of hydrogen-bond acceptors (Lipinski definition) is 2. The van der Waals surface area contributed by atoms with Gasteiger partial charge in [-0.2, -0.15) is 0 Å². The first-order valence-corrected chi connectivity index (χ1v) is 9.49. The Labute approximate surface area is 170 Å². The highest BCUT2D eigenvalue weighted by atomic mass is 35.5. The molecule has 0 aliphatic carbocycles. The Morgan fingerprint density at radius 1 is 1.00 bits per heavy atom. The Morgan fingerprint density at radius 2 is 1.63 bits per heavy atom. The van der Waals surface area contributed by atoms with Gasteiger partial charge in [-0.05, 0) is 44.0 Å². The van der Waals surface area contributed by atoms with Crippen molar-refractivity contribution in [3.05, 3.63) is 68.7 Å². The van der Waals surface area contributed by atoms with Gasteiger partial charge in [-0.3, -0.25) is 9.59 Å². The molecule has 27 heavy (non-hydrogen) atoms. The van der Waals surface area contributed by atoms with Gasteiger partial charge >= 0.3 is 0 Å². The number of aryl methyl sites for hydroxylation is 2. The molecule has 0 saturated carbocycles. The SMILES string of the molecule is CNC(=O)[C@@H](C)N(Cc1ccc(Cl)c(Cl)c1)C(=O)Cc1cc(C)cc(C)c1. The second-order valence-electron chi connectivity index (χ2n) is 6.73. The number of amides is 2. The Morgan fingerprint density at radius 3 is 2.19 bits per heavy atom. The molecule has 1 atom stereocenters. The van der Waals surface area contributed by atoms with Crippen LogP contribution in [0, 0.1) is 13.8 Å². The average molecular weight is 407 g/mol. The van der Waals surface area contributed by atoms with Crippen LogP contribution in [-0.2, 0) is 22.6 Å². The van der Waals surface area contributed by atoms with E-state index in [0.717, 1.165) is 22.3 Å². The van der Waals surface area contributed by atoms with Crippen LogP contribution >= 0.6 is 23.2 Å². The molecule has 0 bridgehead atoms. The Kier molecular flexibility index (Phi) is 7.28. The summed E-state index contributed by atoms with van der Waals surface area (Å²) in [6.45, 7) is 5.99. The van der Waals surface area contributed by atoms with Crippen LogP contribution in [0.2, 0.25) is 10.0 Å². The summed E-state index contributed by atoms with van der Waals surface area (Å²) in [4.78, 5) is 26.8. The summed E-state index contributed by atoms with van der Waals surface area (Å²) in [6, 6.07) is 10.7. The smallest absolute Gasteiger partial charge is 0.242 e. The number of carbonyl (C=O) groups is 2. The molecule has 0 spiro atoms. The highest BCUT2D eigenvalue weighted by molar-refractivity contribution is 6.42. The standard InChI is InChI=1S/C21H24Cl2N2O2/c1-13-7-14(2)9-17(8-13)11-20(26)25(15(3)21(27)24-4)12-16-5-6-18(22)19(23)10-16/h5-10,15H,11-12H2,1-4H3,(H,24,27)/t15-/m1/s1. The Hall–Kier alpha value is -2.04. The van der Waals surface area contributed by atoms with E-state index in [0.29, 0.717) is 10.0 Å². The van der Waals surface area contributed by atoms with Crippen LogP contribution in [0.4, 0.5) is 0 Å². The molecule has 0 saturated heterocycles. The van der Waals surface area contributed by atoms with Crippen LogP contribution in [-0.4, -0.2) is 29.8 Å². The summed E-state index contributed by atoms with van der Waals surface area (Å²) in [5, 5.41) is 3.48. The van der Waals surface area contributed by atoms with E-state index in [2.05, 4.69) is 11.4 Å². The zero-order valence-electron chi connectivity index (χ0n) is 16.0. The number of rotatable bonds is 6. The van der Waals surface area contributed by atoms with E-state index >= 15 is 0 Å². The van der Waals surface area contributed by atoms with E-state index in [4.69, 9.17) is 23.2 Å². The molecular weight excluding hydrogens is 383 g/mol. The summed E-state index contributed by atoms with van der Waals surface area (Å²) in [5.41, 5.74) is 3.95. The first-order chi connectivity index (χ1) is 12.7. The van der Waals surface area contributed by atoms with E-state index < -0.39 is 6.04 Å². The third kappa shape index (κ3) is 5.72. The summed E-state index contributed by atoms with van der Waals surface area (Å²) in [5.74, 6) is -0.342. The molecule has 2 rings (SSSR count). The fraction of sp³-hybridized carbons (Fsp3) is 0.333. The lowest BCUT2D eigenvalue weighted by Gasteiger charge is -2.28. The van der Waals surface area contributed by atoms with E-state index in [1.165, 1.54) is 0 Å². The second kappa shape index (κ2) is 9.25. The normalized spacial score (nSPS) is 11.8. The molecule has 0 radical (unpaired) electrons. The lowest BCUT2D eigenvalue weighted by Crippen LogP contribution is -2.47. The van der Waals surface area contributed by atoms with Crippen LogP contribution in [0.1, 0.15) is 29.2 Å². The average Bonchev–Trinajstić information content (AvgIpc) is 2.60. The highest BCUT2D eigenvalue weighted by Gasteiger charge is 2.25. The molecule has 144 valence electrons. The molecule has 0 unspecified atom stereocenters. The van der Waals surface area contributed by atoms with Gasteiger partial charge < -0.3 is 10.2 Å². The minimum atomic E-state index is -0.608. The number of hydrogen-bond donors (Lipinski definition) is 1. The summed E-state index contributed by atoms with van der Waals surface area (Å²) in [6.07, 6.45) is 0.227. The van der Waals surface area contributed by atoms with Gasteiger partial charge in [0.05, 0.1) is 16.5 Å². The summed E-state index contributed by atoms with van der Waals surface area (Å²) < 4.78 is 0. The van der Waals surface area contributed by atoms with Crippen molar-refractivity contribution in [2.45, 2.75) is 39.8 Å². The minimum Gasteiger partial charge on any atom is -0.357 e. The molecule has 0 aliphatic rings. The van der Waals surface area contributed by atoms with Crippen molar-refractivity contribution in [3.63, 3.8) is 0 Å². The van der Waals surface area contributed by atoms with Crippen molar-refractivity contribution < 1.29 is 9.59 Å². The molecule has 1 N–H and O–H groups in total. The summed E-state index contributed by atoms with van der Waals surface area (Å²) in [7, 11) is 1.56. The van der Waals surface area contributed by atoms with Crippen molar-refractivity contribution >= 4 is 35.0 Å². The van der Waals surface area contributed by atoms with Gasteiger partial charge in [0.2, 0.25) is 11.8 Å². The van der Waals surface area contributed by atoms with Gasteiger partial charge in [0.25, 0.3) is 0 Å². The first-order valence-electron chi connectivity index (χ1n) is 8.73. The molecule has 2 amide bonds. The van der Waals surface area contributed by atoms with E-state index in [9.17, 15) is 9.59 Å². The number of nitrogens with zero attached hydrogens (tertiary/aromatic N) is 1. The van der Waals surface area contributed by atoms with Gasteiger partial charge in [0.1, 0.15) is 6.04 Å². The van der Waals surface area contributed by atoms with Gasteiger partial charge in [-0.25, -0.2) is 0 Å². The molecule has 2 aromatic carbocycles. The quantitative estimate of drug-likeness (QED) is 0.776. The van der Waals surface area contributed by atoms with Crippen LogP contribution in [0.15, 0.2) is 36.4 Å². The van der Waals surface area contributed by atoms with Gasteiger partial charge in [0, 0.05) is 13.6 Å². The Balaban J connectivity index is 2.28. The Bertz CT molecular complexity index is 832. The molecule has 4 nitrogen and oxygen atoms in total. The molecule has 0 fully saturated rings. The lowest BCUT2D eigenvalue weighted by molar-refractivity contribution is -0.139. The van der Waals surface area contributed by atoms with E-state index in [1.807, 2.05) is 32.0 Å². The topological polar surface area (TPSA) is 49.4 Å². The van der Waals surface area contributed by atoms with Gasteiger partial charge in [-0.1, -0.05) is 58.6 Å². The lowest BCUT2D eigenvalue weighted by atomic mass is 10.0. The maximum Gasteiger partial charge on any atom is 0.242 e. The van der Waals surface area contributed by atoms with Crippen LogP contribution in [0.25, 0.3) is 0 Å². The predicted octanol–water partition coefficient (Wildman–Crippen LogP) is 4.32. The van der Waals surface area contributed by atoms with Crippen molar-refractivity contribution in [3.8, 4) is 0 Å². The fourth-order valence-corrected chi connectivity index (χ4v) is 3.39. The number of nitrogens with one attached hydrogen (secondary N) is 1. The molecule has 6 heteroatoms. The van der Waals surface area contributed by atoms with Crippen molar-refractivity contribution in [1.82, 2.24) is 10.2 Å². The van der Waals surface area contributed by atoms with Crippen LogP contribution in [0.5, 0.6) is 0 Å². The van der Waals surface area contributed by atoms with Crippen LogP contribution in [0.3, 0.4) is 0 Å².